The maximum atomic E-state index is 6.15. The van der Waals surface area contributed by atoms with E-state index >= 15 is 0 Å². The average molecular weight is 387 g/mol. The third-order valence-corrected chi connectivity index (χ3v) is 4.97. The maximum Gasteiger partial charge on any atom is 0.197 e. The summed E-state index contributed by atoms with van der Waals surface area (Å²) in [5.41, 5.74) is 8.82. The molecule has 7 heteroatoms. The number of imidazole rings is 1. The lowest BCUT2D eigenvalue weighted by Gasteiger charge is -2.33. The molecule has 0 radical (unpaired) electrons. The van der Waals surface area contributed by atoms with Crippen molar-refractivity contribution in [3.05, 3.63) is 52.9 Å². The molecule has 1 fully saturated rings. The Bertz CT molecular complexity index is 876. The molecule has 1 aliphatic rings. The highest BCUT2D eigenvalue weighted by molar-refractivity contribution is 6.30. The second kappa shape index (κ2) is 8.48. The molecule has 1 aliphatic heterocycles. The molecule has 0 spiro atoms. The summed E-state index contributed by atoms with van der Waals surface area (Å²) in [5, 5.41) is 5.38. The highest BCUT2D eigenvalue weighted by Gasteiger charge is 2.24. The van der Waals surface area contributed by atoms with Gasteiger partial charge in [0.05, 0.1) is 17.6 Å². The first-order chi connectivity index (χ1) is 13.1. The van der Waals surface area contributed by atoms with Gasteiger partial charge in [0, 0.05) is 35.8 Å². The molecule has 4 rings (SSSR count). The number of H-pyrrole nitrogens is 1. The van der Waals surface area contributed by atoms with Crippen molar-refractivity contribution in [3.8, 4) is 5.69 Å². The van der Waals surface area contributed by atoms with Gasteiger partial charge in [-0.15, -0.1) is 0 Å². The summed E-state index contributed by atoms with van der Waals surface area (Å²) in [7, 11) is 0. The smallest absolute Gasteiger partial charge is 0.197 e. The number of aromatic amines is 1. The SMILES string of the molecule is CC.Cc1cc(N2CCC(c3cnc(N)[nH]3)CC2)n(-c2cccc(Cl)c2)n1. The first kappa shape index (κ1) is 19.3. The van der Waals surface area contributed by atoms with Crippen molar-refractivity contribution in [1.29, 1.82) is 0 Å². The average Bonchev–Trinajstić information content (AvgIpc) is 3.29. The fourth-order valence-electron chi connectivity index (χ4n) is 3.49. The molecule has 0 saturated carbocycles. The van der Waals surface area contributed by atoms with E-state index in [-0.39, 0.29) is 0 Å². The Hall–Kier alpha value is -2.47. The number of hydrogen-bond donors (Lipinski definition) is 2. The van der Waals surface area contributed by atoms with Gasteiger partial charge in [-0.1, -0.05) is 31.5 Å². The van der Waals surface area contributed by atoms with E-state index in [4.69, 9.17) is 17.3 Å². The van der Waals surface area contributed by atoms with Crippen LogP contribution in [0, 0.1) is 6.92 Å². The zero-order valence-corrected chi connectivity index (χ0v) is 16.9. The first-order valence-corrected chi connectivity index (χ1v) is 9.86. The Labute approximate surface area is 165 Å². The van der Waals surface area contributed by atoms with Gasteiger partial charge in [0.2, 0.25) is 0 Å². The molecule has 0 amide bonds. The predicted molar refractivity (Wildman–Crippen MR) is 112 cm³/mol. The van der Waals surface area contributed by atoms with E-state index in [0.717, 1.165) is 48.8 Å². The van der Waals surface area contributed by atoms with Crippen molar-refractivity contribution in [3.63, 3.8) is 0 Å². The molecule has 27 heavy (non-hydrogen) atoms. The standard InChI is InChI=1S/C18H21ClN6.C2H6/c1-12-9-17(25(23-12)15-4-2-3-14(19)10-15)24-7-5-13(6-8-24)16-11-21-18(20)22-16;1-2/h2-4,9-11,13H,5-8H2,1H3,(H3,20,21,22);1-2H3. The van der Waals surface area contributed by atoms with Crippen molar-refractivity contribution in [2.75, 3.05) is 23.7 Å². The van der Waals surface area contributed by atoms with Crippen LogP contribution in [-0.2, 0) is 0 Å². The molecule has 3 aromatic rings. The maximum absolute atomic E-state index is 6.15. The third-order valence-electron chi connectivity index (χ3n) is 4.74. The molecule has 0 aliphatic carbocycles. The molecule has 0 unspecified atom stereocenters. The van der Waals surface area contributed by atoms with Crippen molar-refractivity contribution in [2.24, 2.45) is 0 Å². The highest BCUT2D eigenvalue weighted by atomic mass is 35.5. The number of benzene rings is 1. The number of piperidine rings is 1. The van der Waals surface area contributed by atoms with Crippen LogP contribution in [0.3, 0.4) is 0 Å². The van der Waals surface area contributed by atoms with Gasteiger partial charge in [0.25, 0.3) is 0 Å². The summed E-state index contributed by atoms with van der Waals surface area (Å²) in [6, 6.07) is 9.94. The van der Waals surface area contributed by atoms with Gasteiger partial charge < -0.3 is 15.6 Å². The summed E-state index contributed by atoms with van der Waals surface area (Å²) in [4.78, 5) is 9.67. The molecule has 1 aromatic carbocycles. The molecule has 144 valence electrons. The van der Waals surface area contributed by atoms with E-state index in [1.165, 1.54) is 0 Å². The number of nitrogen functional groups attached to an aromatic ring is 1. The van der Waals surface area contributed by atoms with Crippen LogP contribution in [-0.4, -0.2) is 32.8 Å². The van der Waals surface area contributed by atoms with Crippen LogP contribution in [0.2, 0.25) is 5.02 Å². The quantitative estimate of drug-likeness (QED) is 0.692. The minimum absolute atomic E-state index is 0.477. The van der Waals surface area contributed by atoms with E-state index in [0.29, 0.717) is 16.9 Å². The molecule has 2 aromatic heterocycles. The first-order valence-electron chi connectivity index (χ1n) is 9.48. The number of nitrogens with two attached hydrogens (primary N) is 1. The molecular formula is C20H27ClN6. The van der Waals surface area contributed by atoms with Gasteiger partial charge in [-0.3, -0.25) is 0 Å². The predicted octanol–water partition coefficient (Wildman–Crippen LogP) is 4.55. The molecule has 6 nitrogen and oxygen atoms in total. The van der Waals surface area contributed by atoms with E-state index in [1.807, 2.05) is 55.9 Å². The van der Waals surface area contributed by atoms with E-state index in [2.05, 4.69) is 26.0 Å². The van der Waals surface area contributed by atoms with Crippen LogP contribution in [0.5, 0.6) is 0 Å². The zero-order chi connectivity index (χ0) is 19.4. The second-order valence-corrected chi connectivity index (χ2v) is 6.96. The number of aryl methyl sites for hydroxylation is 1. The Morgan fingerprint density at radius 3 is 2.56 bits per heavy atom. The Balaban J connectivity index is 0.00000102. The minimum atomic E-state index is 0.477. The number of hydrogen-bond acceptors (Lipinski definition) is 4. The summed E-state index contributed by atoms with van der Waals surface area (Å²) in [6.45, 7) is 7.95. The molecular weight excluding hydrogens is 360 g/mol. The van der Waals surface area contributed by atoms with Crippen molar-refractivity contribution < 1.29 is 0 Å². The molecule has 0 atom stereocenters. The lowest BCUT2D eigenvalue weighted by Crippen LogP contribution is -2.34. The van der Waals surface area contributed by atoms with Gasteiger partial charge in [-0.25, -0.2) is 9.67 Å². The second-order valence-electron chi connectivity index (χ2n) is 6.52. The lowest BCUT2D eigenvalue weighted by atomic mass is 9.94. The summed E-state index contributed by atoms with van der Waals surface area (Å²) in [5.74, 6) is 2.08. The molecule has 3 N–H and O–H groups in total. The summed E-state index contributed by atoms with van der Waals surface area (Å²) in [6.07, 6.45) is 3.97. The normalized spacial score (nSPS) is 14.7. The Morgan fingerprint density at radius 2 is 1.93 bits per heavy atom. The van der Waals surface area contributed by atoms with Crippen molar-refractivity contribution in [2.45, 2.75) is 39.5 Å². The van der Waals surface area contributed by atoms with Crippen LogP contribution in [0.15, 0.2) is 36.5 Å². The van der Waals surface area contributed by atoms with Crippen LogP contribution in [0.25, 0.3) is 5.69 Å². The van der Waals surface area contributed by atoms with Crippen LogP contribution >= 0.6 is 11.6 Å². The third kappa shape index (κ3) is 4.27. The van der Waals surface area contributed by atoms with E-state index in [1.54, 1.807) is 0 Å². The number of aromatic nitrogens is 4. The molecule has 1 saturated heterocycles. The summed E-state index contributed by atoms with van der Waals surface area (Å²) >= 11 is 6.15. The van der Waals surface area contributed by atoms with Gasteiger partial charge in [0.15, 0.2) is 5.95 Å². The van der Waals surface area contributed by atoms with Crippen molar-refractivity contribution >= 4 is 23.4 Å². The lowest BCUT2D eigenvalue weighted by molar-refractivity contribution is 0.492. The minimum Gasteiger partial charge on any atom is -0.369 e. The fourth-order valence-corrected chi connectivity index (χ4v) is 3.67. The number of nitrogens with zero attached hydrogens (tertiary/aromatic N) is 4. The molecule has 3 heterocycles. The van der Waals surface area contributed by atoms with Gasteiger partial charge >= 0.3 is 0 Å². The number of anilines is 2. The van der Waals surface area contributed by atoms with Crippen LogP contribution in [0.4, 0.5) is 11.8 Å². The van der Waals surface area contributed by atoms with Gasteiger partial charge in [-0.05, 0) is 38.0 Å². The van der Waals surface area contributed by atoms with Gasteiger partial charge in [0.1, 0.15) is 5.82 Å². The monoisotopic (exact) mass is 386 g/mol. The fraction of sp³-hybridized carbons (Fsp3) is 0.400. The number of rotatable bonds is 3. The Kier molecular flexibility index (Phi) is 6.06. The van der Waals surface area contributed by atoms with Crippen LogP contribution in [0.1, 0.15) is 44.0 Å². The van der Waals surface area contributed by atoms with Crippen LogP contribution < -0.4 is 10.6 Å². The Morgan fingerprint density at radius 1 is 1.19 bits per heavy atom. The highest BCUT2D eigenvalue weighted by Crippen LogP contribution is 2.31. The number of nitrogens with one attached hydrogen (secondary N) is 1. The summed E-state index contributed by atoms with van der Waals surface area (Å²) < 4.78 is 1.98. The zero-order valence-electron chi connectivity index (χ0n) is 16.1. The van der Waals surface area contributed by atoms with E-state index in [9.17, 15) is 0 Å². The number of halogens is 1. The van der Waals surface area contributed by atoms with Gasteiger partial charge in [-0.2, -0.15) is 5.10 Å². The largest absolute Gasteiger partial charge is 0.369 e. The van der Waals surface area contributed by atoms with Crippen molar-refractivity contribution in [1.82, 2.24) is 19.7 Å². The molecule has 0 bridgehead atoms. The topological polar surface area (TPSA) is 75.8 Å². The van der Waals surface area contributed by atoms with E-state index < -0.39 is 0 Å².